The Labute approximate surface area is 160 Å². The molecule has 0 saturated heterocycles. The second kappa shape index (κ2) is 7.26. The van der Waals surface area contributed by atoms with Crippen molar-refractivity contribution in [2.24, 2.45) is 0 Å². The maximum absolute atomic E-state index is 13.6. The van der Waals surface area contributed by atoms with Crippen LogP contribution in [0.5, 0.6) is 5.75 Å². The minimum atomic E-state index is -0.961. The van der Waals surface area contributed by atoms with Crippen molar-refractivity contribution in [1.29, 1.82) is 0 Å². The monoisotopic (exact) mass is 381 g/mol. The van der Waals surface area contributed by atoms with Crippen LogP contribution in [0.1, 0.15) is 27.8 Å². The standard InChI is InChI=1S/C21H17F2N3O2/c1-28-15-7-4-13(5-8-15)12-26-20(19-16(21(26)27)3-2-10-24-19)25-14-6-9-17(22)18(23)11-14/h2-11,20,25H,12H2,1H3. The van der Waals surface area contributed by atoms with Gasteiger partial charge in [-0.1, -0.05) is 12.1 Å². The first kappa shape index (κ1) is 17.9. The first-order valence-electron chi connectivity index (χ1n) is 8.67. The van der Waals surface area contributed by atoms with Gasteiger partial charge in [0.2, 0.25) is 0 Å². The van der Waals surface area contributed by atoms with E-state index in [1.165, 1.54) is 6.07 Å². The fraction of sp³-hybridized carbons (Fsp3) is 0.143. The lowest BCUT2D eigenvalue weighted by Crippen LogP contribution is -2.32. The van der Waals surface area contributed by atoms with Crippen LogP contribution in [-0.4, -0.2) is 22.9 Å². The van der Waals surface area contributed by atoms with E-state index in [4.69, 9.17) is 4.74 Å². The molecule has 3 aromatic rings. The lowest BCUT2D eigenvalue weighted by Gasteiger charge is -2.26. The Kier molecular flexibility index (Phi) is 4.65. The average molecular weight is 381 g/mol. The summed E-state index contributed by atoms with van der Waals surface area (Å²) >= 11 is 0. The van der Waals surface area contributed by atoms with Gasteiger partial charge in [-0.05, 0) is 42.0 Å². The van der Waals surface area contributed by atoms with Crippen molar-refractivity contribution >= 4 is 11.6 Å². The Morgan fingerprint density at radius 2 is 1.89 bits per heavy atom. The molecule has 2 aromatic carbocycles. The highest BCUT2D eigenvalue weighted by molar-refractivity contribution is 5.98. The minimum Gasteiger partial charge on any atom is -0.497 e. The number of pyridine rings is 1. The summed E-state index contributed by atoms with van der Waals surface area (Å²) in [7, 11) is 1.59. The van der Waals surface area contributed by atoms with E-state index in [1.807, 2.05) is 24.3 Å². The number of fused-ring (bicyclic) bond motifs is 1. The molecule has 0 spiro atoms. The number of rotatable bonds is 5. The van der Waals surface area contributed by atoms with Gasteiger partial charge in [0.15, 0.2) is 11.6 Å². The lowest BCUT2D eigenvalue weighted by molar-refractivity contribution is 0.0727. The van der Waals surface area contributed by atoms with Crippen molar-refractivity contribution in [3.8, 4) is 5.75 Å². The minimum absolute atomic E-state index is 0.181. The number of nitrogens with zero attached hydrogens (tertiary/aromatic N) is 2. The highest BCUT2D eigenvalue weighted by atomic mass is 19.2. The quantitative estimate of drug-likeness (QED) is 0.722. The summed E-state index contributed by atoms with van der Waals surface area (Å²) in [5.74, 6) is -1.35. The summed E-state index contributed by atoms with van der Waals surface area (Å²) < 4.78 is 32.0. The van der Waals surface area contributed by atoms with Gasteiger partial charge in [-0.25, -0.2) is 8.78 Å². The summed E-state index contributed by atoms with van der Waals surface area (Å²) in [4.78, 5) is 18.9. The van der Waals surface area contributed by atoms with E-state index in [-0.39, 0.29) is 5.91 Å². The number of anilines is 1. The topological polar surface area (TPSA) is 54.5 Å². The van der Waals surface area contributed by atoms with Crippen LogP contribution in [0, 0.1) is 11.6 Å². The highest BCUT2D eigenvalue weighted by Gasteiger charge is 2.37. The second-order valence-corrected chi connectivity index (χ2v) is 6.39. The van der Waals surface area contributed by atoms with Gasteiger partial charge in [-0.2, -0.15) is 0 Å². The number of benzene rings is 2. The van der Waals surface area contributed by atoms with Crippen molar-refractivity contribution in [3.05, 3.63) is 89.2 Å². The van der Waals surface area contributed by atoms with Crippen LogP contribution in [0.15, 0.2) is 60.8 Å². The molecular formula is C21H17F2N3O2. The van der Waals surface area contributed by atoms with Crippen LogP contribution < -0.4 is 10.1 Å². The predicted molar refractivity (Wildman–Crippen MR) is 99.8 cm³/mol. The molecule has 7 heteroatoms. The van der Waals surface area contributed by atoms with Crippen LogP contribution in [0.4, 0.5) is 14.5 Å². The zero-order valence-corrected chi connectivity index (χ0v) is 15.0. The lowest BCUT2D eigenvalue weighted by atomic mass is 10.2. The molecule has 0 bridgehead atoms. The first-order valence-corrected chi connectivity index (χ1v) is 8.67. The predicted octanol–water partition coefficient (Wildman–Crippen LogP) is 4.14. The first-order chi connectivity index (χ1) is 13.6. The fourth-order valence-electron chi connectivity index (χ4n) is 3.22. The molecule has 4 rings (SSSR count). The van der Waals surface area contributed by atoms with Crippen LogP contribution in [0.2, 0.25) is 0 Å². The van der Waals surface area contributed by atoms with Crippen LogP contribution in [0.3, 0.4) is 0 Å². The Morgan fingerprint density at radius 3 is 2.61 bits per heavy atom. The molecule has 1 atom stereocenters. The van der Waals surface area contributed by atoms with Crippen molar-refractivity contribution in [3.63, 3.8) is 0 Å². The number of carbonyl (C=O) groups excluding carboxylic acids is 1. The van der Waals surface area contributed by atoms with Crippen LogP contribution in [0.25, 0.3) is 0 Å². The largest absolute Gasteiger partial charge is 0.497 e. The Morgan fingerprint density at radius 1 is 1.11 bits per heavy atom. The van der Waals surface area contributed by atoms with Gasteiger partial charge >= 0.3 is 0 Å². The van der Waals surface area contributed by atoms with Crippen molar-refractivity contribution < 1.29 is 18.3 Å². The van der Waals surface area contributed by atoms with Gasteiger partial charge in [0.05, 0.1) is 18.4 Å². The van der Waals surface area contributed by atoms with E-state index in [9.17, 15) is 13.6 Å². The molecule has 2 heterocycles. The molecule has 1 aliphatic rings. The molecule has 1 N–H and O–H groups in total. The van der Waals surface area contributed by atoms with E-state index in [1.54, 1.807) is 30.3 Å². The third-order valence-corrected chi connectivity index (χ3v) is 4.64. The third kappa shape index (κ3) is 3.26. The molecule has 28 heavy (non-hydrogen) atoms. The molecule has 5 nitrogen and oxygen atoms in total. The third-order valence-electron chi connectivity index (χ3n) is 4.64. The SMILES string of the molecule is COc1ccc(CN2C(=O)c3cccnc3C2Nc2ccc(F)c(F)c2)cc1. The number of halogens is 2. The van der Waals surface area contributed by atoms with Gasteiger partial charge < -0.3 is 15.0 Å². The number of hydrogen-bond acceptors (Lipinski definition) is 4. The summed E-state index contributed by atoms with van der Waals surface area (Å²) in [6.45, 7) is 0.320. The van der Waals surface area contributed by atoms with E-state index in [2.05, 4.69) is 10.3 Å². The summed E-state index contributed by atoms with van der Waals surface area (Å²) in [5, 5.41) is 3.10. The van der Waals surface area contributed by atoms with Gasteiger partial charge in [-0.15, -0.1) is 0 Å². The van der Waals surface area contributed by atoms with E-state index in [0.717, 1.165) is 23.4 Å². The maximum atomic E-state index is 13.6. The second-order valence-electron chi connectivity index (χ2n) is 6.39. The van der Waals surface area contributed by atoms with Crippen molar-refractivity contribution in [2.75, 3.05) is 12.4 Å². The Bertz CT molecular complexity index is 1020. The average Bonchev–Trinajstić information content (AvgIpc) is 2.97. The molecule has 0 fully saturated rings. The molecule has 1 unspecified atom stereocenters. The van der Waals surface area contributed by atoms with Crippen LogP contribution in [-0.2, 0) is 6.54 Å². The van der Waals surface area contributed by atoms with Crippen molar-refractivity contribution in [1.82, 2.24) is 9.88 Å². The van der Waals surface area contributed by atoms with E-state index < -0.39 is 17.8 Å². The van der Waals surface area contributed by atoms with Crippen molar-refractivity contribution in [2.45, 2.75) is 12.7 Å². The van der Waals surface area contributed by atoms with E-state index in [0.29, 0.717) is 23.5 Å². The summed E-state index contributed by atoms with van der Waals surface area (Å²) in [5.41, 5.74) is 2.29. The number of amides is 1. The zero-order chi connectivity index (χ0) is 19.7. The van der Waals surface area contributed by atoms with Gasteiger partial charge in [0, 0.05) is 24.5 Å². The molecule has 1 aromatic heterocycles. The molecule has 0 saturated carbocycles. The molecular weight excluding hydrogens is 364 g/mol. The highest BCUT2D eigenvalue weighted by Crippen LogP contribution is 2.34. The Balaban J connectivity index is 1.66. The number of hydrogen-bond donors (Lipinski definition) is 1. The number of aromatic nitrogens is 1. The molecule has 142 valence electrons. The van der Waals surface area contributed by atoms with E-state index >= 15 is 0 Å². The maximum Gasteiger partial charge on any atom is 0.258 e. The number of nitrogens with one attached hydrogen (secondary N) is 1. The molecule has 0 radical (unpaired) electrons. The fourth-order valence-corrected chi connectivity index (χ4v) is 3.22. The normalized spacial score (nSPS) is 15.5. The summed E-state index contributed by atoms with van der Waals surface area (Å²) in [6.07, 6.45) is 0.999. The van der Waals surface area contributed by atoms with Gasteiger partial charge in [0.25, 0.3) is 5.91 Å². The number of methoxy groups -OCH3 is 1. The summed E-state index contributed by atoms with van der Waals surface area (Å²) in [6, 6.07) is 14.3. The molecule has 0 aliphatic carbocycles. The van der Waals surface area contributed by atoms with Gasteiger partial charge in [-0.3, -0.25) is 9.78 Å². The van der Waals surface area contributed by atoms with Crippen LogP contribution >= 0.6 is 0 Å². The molecule has 1 aliphatic heterocycles. The number of carbonyl (C=O) groups is 1. The smallest absolute Gasteiger partial charge is 0.258 e. The Hall–Kier alpha value is -3.48. The molecule has 1 amide bonds. The van der Waals surface area contributed by atoms with Gasteiger partial charge in [0.1, 0.15) is 11.9 Å². The zero-order valence-electron chi connectivity index (χ0n) is 15.0. The number of ether oxygens (including phenoxy) is 1.